The predicted molar refractivity (Wildman–Crippen MR) is 112 cm³/mol. The van der Waals surface area contributed by atoms with Gasteiger partial charge in [-0.25, -0.2) is 19.0 Å². The van der Waals surface area contributed by atoms with Gasteiger partial charge >= 0.3 is 18.2 Å². The lowest BCUT2D eigenvalue weighted by Crippen LogP contribution is -2.50. The van der Waals surface area contributed by atoms with Crippen LogP contribution in [0.3, 0.4) is 0 Å². The molecule has 1 aromatic heterocycles. The lowest BCUT2D eigenvalue weighted by Gasteiger charge is -2.31. The number of halogens is 5. The Labute approximate surface area is 201 Å². The predicted octanol–water partition coefficient (Wildman–Crippen LogP) is 3.79. The summed E-state index contributed by atoms with van der Waals surface area (Å²) in [5.41, 5.74) is 2.56. The fourth-order valence-electron chi connectivity index (χ4n) is 3.00. The molecule has 0 aliphatic carbocycles. The molecule has 15 heteroatoms. The molecule has 36 heavy (non-hydrogen) atoms. The van der Waals surface area contributed by atoms with E-state index in [1.54, 1.807) is 0 Å². The molecule has 0 radical (unpaired) electrons. The van der Waals surface area contributed by atoms with Crippen molar-refractivity contribution in [2.45, 2.75) is 44.9 Å². The van der Waals surface area contributed by atoms with Gasteiger partial charge in [-0.15, -0.1) is 0 Å². The Morgan fingerprint density at radius 3 is 2.56 bits per heavy atom. The van der Waals surface area contributed by atoms with Gasteiger partial charge in [-0.3, -0.25) is 19.9 Å². The smallest absolute Gasteiger partial charge is 0.452 e. The van der Waals surface area contributed by atoms with Crippen LogP contribution < -0.4 is 10.7 Å². The molecule has 1 heterocycles. The zero-order valence-corrected chi connectivity index (χ0v) is 19.2. The van der Waals surface area contributed by atoms with Crippen LogP contribution in [0.25, 0.3) is 0 Å². The van der Waals surface area contributed by atoms with Crippen molar-refractivity contribution in [1.29, 1.82) is 0 Å². The van der Waals surface area contributed by atoms with Gasteiger partial charge in [-0.1, -0.05) is 17.3 Å². The molecule has 0 saturated carbocycles. The van der Waals surface area contributed by atoms with E-state index >= 15 is 0 Å². The molecular formula is C21H23F5N4O6. The van der Waals surface area contributed by atoms with Crippen LogP contribution in [-0.4, -0.2) is 47.9 Å². The topological polar surface area (TPSA) is 123 Å². The quantitative estimate of drug-likeness (QED) is 0.260. The maximum atomic E-state index is 14.0. The maximum Gasteiger partial charge on any atom is 0.452 e. The number of amides is 2. The minimum absolute atomic E-state index is 0.0252. The zero-order valence-electron chi connectivity index (χ0n) is 19.2. The molecule has 2 N–H and O–H groups in total. The first-order chi connectivity index (χ1) is 16.9. The molecule has 2 aromatic rings. The van der Waals surface area contributed by atoms with Crippen LogP contribution in [0.2, 0.25) is 0 Å². The third-order valence-electron chi connectivity index (χ3n) is 4.75. The number of esters is 1. The van der Waals surface area contributed by atoms with E-state index in [1.807, 2.05) is 5.32 Å². The van der Waals surface area contributed by atoms with Gasteiger partial charge < -0.3 is 14.0 Å². The highest BCUT2D eigenvalue weighted by Crippen LogP contribution is 2.30. The molecule has 198 valence electrons. The molecule has 1 atom stereocenters. The Hall–Kier alpha value is -3.75. The van der Waals surface area contributed by atoms with E-state index in [0.717, 1.165) is 18.0 Å². The number of carbonyl (C=O) groups is 3. The van der Waals surface area contributed by atoms with Crippen molar-refractivity contribution in [3.63, 3.8) is 0 Å². The number of carbonyl (C=O) groups excluding carboxylic acids is 3. The third-order valence-corrected chi connectivity index (χ3v) is 4.75. The summed E-state index contributed by atoms with van der Waals surface area (Å²) in [7, 11) is 1.19. The van der Waals surface area contributed by atoms with Gasteiger partial charge in [0.2, 0.25) is 11.7 Å². The number of hydrogen-bond donors (Lipinski definition) is 2. The van der Waals surface area contributed by atoms with E-state index in [2.05, 4.69) is 19.8 Å². The molecule has 1 aromatic carbocycles. The highest BCUT2D eigenvalue weighted by Gasteiger charge is 2.36. The minimum Gasteiger partial charge on any atom is -0.469 e. The van der Waals surface area contributed by atoms with E-state index in [0.29, 0.717) is 6.07 Å². The average Bonchev–Trinajstić information content (AvgIpc) is 3.28. The number of aromatic nitrogens is 1. The standard InChI is InChI=1S/C21H23F5N4O6/c1-12(31)30(27-10-13-5-3-7-15(22)19(13)23)14(6-4-8-18(32)34-2)11-35-20(33)28-17-9-16(36-29-17)21(24,25)26/h3,5,7,9,14,27H,4,6,8,10-11H2,1-2H3,(H,28,29,33)/t14-/m0/s1. The van der Waals surface area contributed by atoms with Gasteiger partial charge in [0.1, 0.15) is 6.61 Å². The number of hydrazine groups is 1. The van der Waals surface area contributed by atoms with Gasteiger partial charge in [0.15, 0.2) is 17.5 Å². The Morgan fingerprint density at radius 1 is 1.22 bits per heavy atom. The number of methoxy groups -OCH3 is 1. The summed E-state index contributed by atoms with van der Waals surface area (Å²) in [5.74, 6) is -5.29. The van der Waals surface area contributed by atoms with E-state index in [1.165, 1.54) is 19.2 Å². The van der Waals surface area contributed by atoms with Crippen molar-refractivity contribution < 1.29 is 50.3 Å². The van der Waals surface area contributed by atoms with E-state index in [-0.39, 0.29) is 31.4 Å². The normalized spacial score (nSPS) is 12.1. The van der Waals surface area contributed by atoms with Gasteiger partial charge in [0.25, 0.3) is 0 Å². The second-order valence-corrected chi connectivity index (χ2v) is 7.36. The summed E-state index contributed by atoms with van der Waals surface area (Å²) in [5, 5.41) is 6.05. The molecule has 0 aliphatic rings. The second kappa shape index (κ2) is 12.8. The van der Waals surface area contributed by atoms with E-state index in [9.17, 15) is 36.3 Å². The molecule has 0 spiro atoms. The van der Waals surface area contributed by atoms with Crippen LogP contribution in [0.4, 0.5) is 32.6 Å². The number of nitrogens with one attached hydrogen (secondary N) is 2. The van der Waals surface area contributed by atoms with Gasteiger partial charge in [-0.05, 0) is 18.9 Å². The monoisotopic (exact) mass is 522 g/mol. The van der Waals surface area contributed by atoms with Gasteiger partial charge in [0.05, 0.1) is 13.2 Å². The molecule has 0 aliphatic heterocycles. The number of rotatable bonds is 11. The Balaban J connectivity index is 2.08. The zero-order chi connectivity index (χ0) is 26.9. The number of nitrogens with zero attached hydrogens (tertiary/aromatic N) is 2. The summed E-state index contributed by atoms with van der Waals surface area (Å²) in [6.07, 6.45) is -5.74. The number of anilines is 1. The van der Waals surface area contributed by atoms with Crippen molar-refractivity contribution in [3.8, 4) is 0 Å². The molecule has 2 rings (SSSR count). The lowest BCUT2D eigenvalue weighted by molar-refractivity contribution is -0.155. The summed E-state index contributed by atoms with van der Waals surface area (Å²) in [6, 6.07) is 3.05. The maximum absolute atomic E-state index is 14.0. The number of ether oxygens (including phenoxy) is 2. The molecule has 0 fully saturated rings. The lowest BCUT2D eigenvalue weighted by atomic mass is 10.1. The first-order valence-electron chi connectivity index (χ1n) is 10.4. The van der Waals surface area contributed by atoms with Crippen LogP contribution in [0.1, 0.15) is 37.5 Å². The first kappa shape index (κ1) is 28.5. The number of benzene rings is 1. The minimum atomic E-state index is -4.81. The van der Waals surface area contributed by atoms with Crippen LogP contribution in [-0.2, 0) is 31.8 Å². The summed E-state index contributed by atoms with van der Waals surface area (Å²) < 4.78 is 78.9. The SMILES string of the molecule is COC(=O)CCC[C@@H](COC(=O)Nc1cc(C(F)(F)F)on1)N(NCc1cccc(F)c1F)C(C)=O. The molecule has 0 unspecified atom stereocenters. The summed E-state index contributed by atoms with van der Waals surface area (Å²) >= 11 is 0. The third kappa shape index (κ3) is 8.48. The molecule has 2 amide bonds. The highest BCUT2D eigenvalue weighted by molar-refractivity contribution is 5.83. The van der Waals surface area contributed by atoms with E-state index < -0.39 is 60.0 Å². The number of alkyl halides is 3. The Morgan fingerprint density at radius 2 is 1.94 bits per heavy atom. The fraction of sp³-hybridized carbons (Fsp3) is 0.429. The molecule has 10 nitrogen and oxygen atoms in total. The van der Waals surface area contributed by atoms with E-state index in [4.69, 9.17) is 4.74 Å². The van der Waals surface area contributed by atoms with Crippen LogP contribution in [0.15, 0.2) is 28.8 Å². The second-order valence-electron chi connectivity index (χ2n) is 7.36. The Kier molecular flexibility index (Phi) is 10.1. The van der Waals surface area contributed by atoms with Crippen molar-refractivity contribution in [3.05, 3.63) is 47.2 Å². The fourth-order valence-corrected chi connectivity index (χ4v) is 3.00. The Bertz CT molecular complexity index is 1060. The van der Waals surface area contributed by atoms with Crippen LogP contribution in [0, 0.1) is 11.6 Å². The van der Waals surface area contributed by atoms with Crippen molar-refractivity contribution in [2.75, 3.05) is 19.0 Å². The molecular weight excluding hydrogens is 499 g/mol. The van der Waals surface area contributed by atoms with Gasteiger partial charge in [0, 0.05) is 31.5 Å². The van der Waals surface area contributed by atoms with Gasteiger partial charge in [-0.2, -0.15) is 13.2 Å². The van der Waals surface area contributed by atoms with Crippen molar-refractivity contribution in [2.24, 2.45) is 0 Å². The van der Waals surface area contributed by atoms with Crippen LogP contribution in [0.5, 0.6) is 0 Å². The van der Waals surface area contributed by atoms with Crippen LogP contribution >= 0.6 is 0 Å². The first-order valence-corrected chi connectivity index (χ1v) is 10.4. The van der Waals surface area contributed by atoms with Crippen molar-refractivity contribution >= 4 is 23.8 Å². The highest BCUT2D eigenvalue weighted by atomic mass is 19.4. The largest absolute Gasteiger partial charge is 0.469 e. The summed E-state index contributed by atoms with van der Waals surface area (Å²) in [4.78, 5) is 35.8. The van der Waals surface area contributed by atoms with Crippen molar-refractivity contribution in [1.82, 2.24) is 15.6 Å². The summed E-state index contributed by atoms with van der Waals surface area (Å²) in [6.45, 7) is 0.383. The average molecular weight is 522 g/mol. The molecule has 0 saturated heterocycles. The molecule has 0 bridgehead atoms. The number of hydrogen-bond acceptors (Lipinski definition) is 8.